The van der Waals surface area contributed by atoms with E-state index < -0.39 is 0 Å². The van der Waals surface area contributed by atoms with Gasteiger partial charge in [0.15, 0.2) is 0 Å². The molecule has 0 bridgehead atoms. The van der Waals surface area contributed by atoms with Gasteiger partial charge < -0.3 is 0 Å². The van der Waals surface area contributed by atoms with E-state index in [1.165, 1.54) is 39.0 Å². The Morgan fingerprint density at radius 2 is 1.57 bits per heavy atom. The van der Waals surface area contributed by atoms with Gasteiger partial charge in [0.25, 0.3) is 0 Å². The summed E-state index contributed by atoms with van der Waals surface area (Å²) in [6, 6.07) is 19.4. The lowest BCUT2D eigenvalue weighted by molar-refractivity contribution is 1.02. The van der Waals surface area contributed by atoms with Crippen LogP contribution >= 0.6 is 0 Å². The minimum absolute atomic E-state index is 1.05. The molecule has 0 unspecified atom stereocenters. The molecule has 2 aromatic carbocycles. The van der Waals surface area contributed by atoms with Gasteiger partial charge in [-0.1, -0.05) is 104 Å². The van der Waals surface area contributed by atoms with Crippen molar-refractivity contribution in [1.29, 1.82) is 0 Å². The van der Waals surface area contributed by atoms with Gasteiger partial charge >= 0.3 is 0 Å². The lowest BCUT2D eigenvalue weighted by atomic mass is 9.96. The van der Waals surface area contributed by atoms with Gasteiger partial charge in [-0.15, -0.1) is 0 Å². The average molecular weight is 367 g/mol. The van der Waals surface area contributed by atoms with Crippen LogP contribution in [-0.2, 0) is 0 Å². The van der Waals surface area contributed by atoms with Crippen LogP contribution in [-0.4, -0.2) is 0 Å². The molecule has 0 spiro atoms. The summed E-state index contributed by atoms with van der Waals surface area (Å²) in [4.78, 5) is 0. The third kappa shape index (κ3) is 5.33. The third-order valence-corrected chi connectivity index (χ3v) is 5.03. The zero-order valence-corrected chi connectivity index (χ0v) is 17.3. The van der Waals surface area contributed by atoms with E-state index in [-0.39, 0.29) is 0 Å². The molecule has 2 aromatic rings. The van der Waals surface area contributed by atoms with Gasteiger partial charge in [-0.25, -0.2) is 0 Å². The highest BCUT2D eigenvalue weighted by Crippen LogP contribution is 2.25. The van der Waals surface area contributed by atoms with Gasteiger partial charge in [-0.2, -0.15) is 0 Å². The zero-order chi connectivity index (χ0) is 19.8. The van der Waals surface area contributed by atoms with E-state index in [9.17, 15) is 0 Å². The Labute approximate surface area is 170 Å². The minimum atomic E-state index is 1.05. The van der Waals surface area contributed by atoms with E-state index in [2.05, 4.69) is 112 Å². The summed E-state index contributed by atoms with van der Waals surface area (Å²) in [6.45, 7) is 6.59. The Bertz CT molecular complexity index is 929. The number of rotatable bonds is 6. The molecule has 0 heterocycles. The molecule has 0 radical (unpaired) electrons. The summed E-state index contributed by atoms with van der Waals surface area (Å²) in [5, 5.41) is 0. The van der Waals surface area contributed by atoms with Crippen molar-refractivity contribution < 1.29 is 0 Å². The predicted octanol–water partition coefficient (Wildman–Crippen LogP) is 8.32. The Morgan fingerprint density at radius 1 is 0.857 bits per heavy atom. The van der Waals surface area contributed by atoms with Crippen LogP contribution in [0.4, 0.5) is 0 Å². The molecule has 0 amide bonds. The standard InChI is InChI=1S/C28H30/c1-4-11-28(26-14-9-6-10-15-26)21-22(2)20-23(3)24-16-18-27(19-17-24)25-12-7-5-8-13-25/h5,7-9,11-21H,4,6,10H2,1-3H3/b22-21-,23-20+,28-11-. The molecule has 0 aromatic heterocycles. The highest BCUT2D eigenvalue weighted by atomic mass is 14.1. The second-order valence-corrected chi connectivity index (χ2v) is 7.37. The summed E-state index contributed by atoms with van der Waals surface area (Å²) in [5.74, 6) is 0. The van der Waals surface area contributed by atoms with E-state index >= 15 is 0 Å². The van der Waals surface area contributed by atoms with Crippen LogP contribution in [0.25, 0.3) is 16.7 Å². The van der Waals surface area contributed by atoms with Crippen molar-refractivity contribution in [3.8, 4) is 11.1 Å². The Kier molecular flexibility index (Phi) is 7.03. The normalized spacial score (nSPS) is 15.5. The van der Waals surface area contributed by atoms with Crippen LogP contribution < -0.4 is 0 Å². The average Bonchev–Trinajstić information content (AvgIpc) is 2.75. The van der Waals surface area contributed by atoms with E-state index in [1.54, 1.807) is 0 Å². The zero-order valence-electron chi connectivity index (χ0n) is 17.3. The summed E-state index contributed by atoms with van der Waals surface area (Å²) in [6.07, 6.45) is 17.2. The van der Waals surface area contributed by atoms with Gasteiger partial charge in [-0.05, 0) is 66.5 Å². The fourth-order valence-electron chi connectivity index (χ4n) is 3.58. The SMILES string of the molecule is CC/C=C(/C=C(C)\C=C(/C)c1ccc(-c2ccccc2)cc1)C1=CCCC=C1. The van der Waals surface area contributed by atoms with Gasteiger partial charge in [0, 0.05) is 0 Å². The van der Waals surface area contributed by atoms with Gasteiger partial charge in [0.2, 0.25) is 0 Å². The molecule has 1 aliphatic rings. The molecule has 0 N–H and O–H groups in total. The topological polar surface area (TPSA) is 0 Å². The smallest absolute Gasteiger partial charge is 0.0184 e. The van der Waals surface area contributed by atoms with Crippen LogP contribution in [0.5, 0.6) is 0 Å². The molecule has 3 rings (SSSR count). The van der Waals surface area contributed by atoms with Crippen molar-refractivity contribution in [2.45, 2.75) is 40.0 Å². The molecule has 0 atom stereocenters. The quantitative estimate of drug-likeness (QED) is 0.451. The van der Waals surface area contributed by atoms with E-state index in [4.69, 9.17) is 0 Å². The van der Waals surface area contributed by atoms with Crippen LogP contribution in [0.2, 0.25) is 0 Å². The Balaban J connectivity index is 1.79. The Hall–Kier alpha value is -2.86. The summed E-state index contributed by atoms with van der Waals surface area (Å²) >= 11 is 0. The summed E-state index contributed by atoms with van der Waals surface area (Å²) < 4.78 is 0. The number of allylic oxidation sites excluding steroid dienone is 10. The molecular weight excluding hydrogens is 336 g/mol. The van der Waals surface area contributed by atoms with Gasteiger partial charge in [0.05, 0.1) is 0 Å². The highest BCUT2D eigenvalue weighted by Gasteiger charge is 2.03. The molecule has 0 heteroatoms. The molecule has 0 fully saturated rings. The van der Waals surface area contributed by atoms with Crippen LogP contribution in [0, 0.1) is 0 Å². The first-order valence-electron chi connectivity index (χ1n) is 10.3. The number of hydrogen-bond acceptors (Lipinski definition) is 0. The fraction of sp³-hybridized carbons (Fsp3) is 0.214. The van der Waals surface area contributed by atoms with Crippen molar-refractivity contribution in [1.82, 2.24) is 0 Å². The van der Waals surface area contributed by atoms with Crippen molar-refractivity contribution in [3.05, 3.63) is 113 Å². The molecule has 142 valence electrons. The summed E-state index contributed by atoms with van der Waals surface area (Å²) in [5.41, 5.74) is 9.04. The second kappa shape index (κ2) is 9.90. The maximum Gasteiger partial charge on any atom is -0.0184 e. The molecule has 0 nitrogen and oxygen atoms in total. The first-order chi connectivity index (χ1) is 13.7. The second-order valence-electron chi connectivity index (χ2n) is 7.37. The van der Waals surface area contributed by atoms with Crippen LogP contribution in [0.15, 0.2) is 108 Å². The molecule has 28 heavy (non-hydrogen) atoms. The van der Waals surface area contributed by atoms with Gasteiger partial charge in [0.1, 0.15) is 0 Å². The summed E-state index contributed by atoms with van der Waals surface area (Å²) in [7, 11) is 0. The van der Waals surface area contributed by atoms with Crippen LogP contribution in [0.1, 0.15) is 45.6 Å². The van der Waals surface area contributed by atoms with E-state index in [0.717, 1.165) is 19.3 Å². The lowest BCUT2D eigenvalue weighted by Crippen LogP contribution is -1.90. The largest absolute Gasteiger partial charge is 0.0836 e. The first-order valence-corrected chi connectivity index (χ1v) is 10.3. The molecule has 0 saturated heterocycles. The van der Waals surface area contributed by atoms with E-state index in [0.29, 0.717) is 0 Å². The van der Waals surface area contributed by atoms with E-state index in [1.807, 2.05) is 0 Å². The lowest BCUT2D eigenvalue weighted by Gasteiger charge is -2.10. The predicted molar refractivity (Wildman–Crippen MR) is 124 cm³/mol. The first kappa shape index (κ1) is 19.9. The maximum absolute atomic E-state index is 2.35. The van der Waals surface area contributed by atoms with Crippen molar-refractivity contribution in [3.63, 3.8) is 0 Å². The molecule has 1 aliphatic carbocycles. The molecule has 0 saturated carbocycles. The number of hydrogen-bond donors (Lipinski definition) is 0. The molecule has 0 aliphatic heterocycles. The molecular formula is C28H30. The van der Waals surface area contributed by atoms with Crippen molar-refractivity contribution in [2.75, 3.05) is 0 Å². The van der Waals surface area contributed by atoms with Crippen LogP contribution in [0.3, 0.4) is 0 Å². The minimum Gasteiger partial charge on any atom is -0.0836 e. The maximum atomic E-state index is 2.35. The van der Waals surface area contributed by atoms with Crippen molar-refractivity contribution in [2.24, 2.45) is 0 Å². The number of benzene rings is 2. The monoisotopic (exact) mass is 366 g/mol. The third-order valence-electron chi connectivity index (χ3n) is 5.03. The Morgan fingerprint density at radius 3 is 2.21 bits per heavy atom. The van der Waals surface area contributed by atoms with Crippen molar-refractivity contribution >= 4 is 5.57 Å². The van der Waals surface area contributed by atoms with Gasteiger partial charge in [-0.3, -0.25) is 0 Å². The highest BCUT2D eigenvalue weighted by molar-refractivity contribution is 5.71. The fourth-order valence-corrected chi connectivity index (χ4v) is 3.58.